The molecule has 0 saturated heterocycles. The number of nitrogens with zero attached hydrogens (tertiary/aromatic N) is 2. The number of rotatable bonds is 5. The Hall–Kier alpha value is -2.21. The van der Waals surface area contributed by atoms with Gasteiger partial charge in [0, 0.05) is 6.08 Å². The van der Waals surface area contributed by atoms with Crippen molar-refractivity contribution in [3.8, 4) is 5.75 Å². The summed E-state index contributed by atoms with van der Waals surface area (Å²) >= 11 is 1.31. The lowest BCUT2D eigenvalue weighted by Gasteiger charge is -2.03. The van der Waals surface area contributed by atoms with Gasteiger partial charge in [-0.15, -0.1) is 5.10 Å². The third kappa shape index (κ3) is 4.18. The van der Waals surface area contributed by atoms with Crippen LogP contribution in [0.4, 0.5) is 0 Å². The van der Waals surface area contributed by atoms with Crippen molar-refractivity contribution in [2.24, 2.45) is 0 Å². The summed E-state index contributed by atoms with van der Waals surface area (Å²) in [5.74, 6) is 0.377. The molecule has 0 aliphatic carbocycles. The Morgan fingerprint density at radius 2 is 2.16 bits per heavy atom. The zero-order valence-corrected chi connectivity index (χ0v) is 11.1. The fraction of sp³-hybridized carbons (Fsp3) is 0.154. The van der Waals surface area contributed by atoms with Crippen LogP contribution in [0.25, 0.3) is 6.08 Å². The minimum absolute atomic E-state index is 0.377. The molecule has 0 fully saturated rings. The molecule has 1 aromatic heterocycles. The van der Waals surface area contributed by atoms with Gasteiger partial charge in [-0.3, -0.25) is 0 Å². The molecule has 0 saturated carbocycles. The Balaban J connectivity index is 1.91. The Morgan fingerprint density at radius 3 is 2.79 bits per heavy atom. The van der Waals surface area contributed by atoms with Gasteiger partial charge in [-0.2, -0.15) is 0 Å². The van der Waals surface area contributed by atoms with Crippen molar-refractivity contribution in [1.82, 2.24) is 9.59 Å². The molecule has 0 aliphatic rings. The predicted octanol–water partition coefficient (Wildman–Crippen LogP) is 2.30. The Bertz CT molecular complexity index is 550. The van der Waals surface area contributed by atoms with Crippen LogP contribution in [0.15, 0.2) is 36.5 Å². The van der Waals surface area contributed by atoms with Crippen LogP contribution < -0.4 is 4.74 Å². The highest BCUT2D eigenvalue weighted by Crippen LogP contribution is 2.15. The third-order valence-corrected chi connectivity index (χ3v) is 2.91. The minimum Gasteiger partial charge on any atom is -0.488 e. The molecular formula is C13H12N2O3S. The van der Waals surface area contributed by atoms with Crippen molar-refractivity contribution in [3.63, 3.8) is 0 Å². The summed E-state index contributed by atoms with van der Waals surface area (Å²) in [6.07, 6.45) is 4.74. The van der Waals surface area contributed by atoms with Gasteiger partial charge in [0.15, 0.2) is 0 Å². The molecule has 2 aromatic rings. The van der Waals surface area contributed by atoms with Crippen molar-refractivity contribution >= 4 is 23.6 Å². The maximum Gasteiger partial charge on any atom is 0.330 e. The summed E-state index contributed by atoms with van der Waals surface area (Å²) in [5.41, 5.74) is 0.900. The average molecular weight is 276 g/mol. The fourth-order valence-electron chi connectivity index (χ4n) is 1.31. The minimum atomic E-state index is -0.377. The van der Waals surface area contributed by atoms with Gasteiger partial charge < -0.3 is 9.47 Å². The van der Waals surface area contributed by atoms with Gasteiger partial charge in [-0.05, 0) is 35.3 Å². The van der Waals surface area contributed by atoms with Crippen LogP contribution in [0.5, 0.6) is 5.75 Å². The van der Waals surface area contributed by atoms with Crippen molar-refractivity contribution < 1.29 is 14.3 Å². The van der Waals surface area contributed by atoms with Crippen molar-refractivity contribution in [2.45, 2.75) is 6.61 Å². The Morgan fingerprint density at radius 1 is 1.37 bits per heavy atom. The van der Waals surface area contributed by atoms with E-state index in [-0.39, 0.29) is 5.97 Å². The normalized spacial score (nSPS) is 10.6. The third-order valence-electron chi connectivity index (χ3n) is 2.28. The van der Waals surface area contributed by atoms with E-state index in [2.05, 4.69) is 14.3 Å². The monoisotopic (exact) mass is 276 g/mol. The van der Waals surface area contributed by atoms with Crippen LogP contribution >= 0.6 is 11.5 Å². The van der Waals surface area contributed by atoms with Gasteiger partial charge >= 0.3 is 5.97 Å². The maximum atomic E-state index is 10.9. The zero-order valence-electron chi connectivity index (χ0n) is 10.3. The van der Waals surface area contributed by atoms with E-state index in [1.807, 2.05) is 24.3 Å². The number of esters is 1. The van der Waals surface area contributed by atoms with Crippen molar-refractivity contribution in [3.05, 3.63) is 47.0 Å². The molecule has 0 spiro atoms. The van der Waals surface area contributed by atoms with Crippen LogP contribution in [0.2, 0.25) is 0 Å². The number of benzene rings is 1. The van der Waals surface area contributed by atoms with Crippen LogP contribution in [-0.2, 0) is 16.1 Å². The molecule has 98 valence electrons. The highest BCUT2D eigenvalue weighted by atomic mass is 32.1. The van der Waals surface area contributed by atoms with Gasteiger partial charge in [0.05, 0.1) is 18.2 Å². The Labute approximate surface area is 114 Å². The molecule has 5 nitrogen and oxygen atoms in total. The largest absolute Gasteiger partial charge is 0.488 e. The molecule has 6 heteroatoms. The lowest BCUT2D eigenvalue weighted by Crippen LogP contribution is -1.94. The first kappa shape index (κ1) is 13.2. The number of ether oxygens (including phenoxy) is 2. The van der Waals surface area contributed by atoms with Gasteiger partial charge in [0.2, 0.25) is 0 Å². The SMILES string of the molecule is COC(=O)/C=C/c1ccc(OCc2cnns2)cc1. The molecule has 19 heavy (non-hydrogen) atoms. The molecule has 0 unspecified atom stereocenters. The van der Waals surface area contributed by atoms with E-state index in [1.54, 1.807) is 12.3 Å². The average Bonchev–Trinajstić information content (AvgIpc) is 2.97. The molecule has 2 rings (SSSR count). The van der Waals surface area contributed by atoms with Gasteiger partial charge in [0.1, 0.15) is 12.4 Å². The zero-order chi connectivity index (χ0) is 13.5. The van der Waals surface area contributed by atoms with Crippen LogP contribution in [0.3, 0.4) is 0 Å². The van der Waals surface area contributed by atoms with Gasteiger partial charge in [0.25, 0.3) is 0 Å². The summed E-state index contributed by atoms with van der Waals surface area (Å²) < 4.78 is 13.8. The van der Waals surface area contributed by atoms with Crippen molar-refractivity contribution in [2.75, 3.05) is 7.11 Å². The topological polar surface area (TPSA) is 61.3 Å². The molecule has 0 aliphatic heterocycles. The first-order chi connectivity index (χ1) is 9.28. The van der Waals surface area contributed by atoms with Gasteiger partial charge in [-0.1, -0.05) is 16.6 Å². The van der Waals surface area contributed by atoms with Gasteiger partial charge in [-0.25, -0.2) is 4.79 Å². The number of methoxy groups -OCH3 is 1. The summed E-state index contributed by atoms with van der Waals surface area (Å²) in [6, 6.07) is 7.40. The Kier molecular flexibility index (Phi) is 4.63. The first-order valence-electron chi connectivity index (χ1n) is 5.53. The second-order valence-corrected chi connectivity index (χ2v) is 4.47. The fourth-order valence-corrected chi connectivity index (χ4v) is 1.72. The number of aromatic nitrogens is 2. The number of carbonyl (C=O) groups excluding carboxylic acids is 1. The molecule has 0 bridgehead atoms. The number of carbonyl (C=O) groups is 1. The van der Waals surface area contributed by atoms with E-state index >= 15 is 0 Å². The lowest BCUT2D eigenvalue weighted by molar-refractivity contribution is -0.134. The van der Waals surface area contributed by atoms with E-state index in [4.69, 9.17) is 4.74 Å². The quantitative estimate of drug-likeness (QED) is 0.619. The van der Waals surface area contributed by atoms with E-state index < -0.39 is 0 Å². The molecule has 1 aromatic carbocycles. The standard InChI is InChI=1S/C13H12N2O3S/c1-17-13(16)7-4-10-2-5-11(6-3-10)18-9-12-8-14-15-19-12/h2-8H,9H2,1H3/b7-4+. The van der Waals surface area contributed by atoms with Crippen molar-refractivity contribution in [1.29, 1.82) is 0 Å². The maximum absolute atomic E-state index is 10.9. The molecule has 0 atom stereocenters. The van der Waals surface area contributed by atoms with E-state index in [0.29, 0.717) is 6.61 Å². The summed E-state index contributed by atoms with van der Waals surface area (Å²) in [6.45, 7) is 0.453. The smallest absolute Gasteiger partial charge is 0.330 e. The van der Waals surface area contributed by atoms with Crippen LogP contribution in [0.1, 0.15) is 10.4 Å². The second kappa shape index (κ2) is 6.65. The summed E-state index contributed by atoms with van der Waals surface area (Å²) in [4.78, 5) is 11.9. The highest BCUT2D eigenvalue weighted by Gasteiger charge is 1.98. The second-order valence-electron chi connectivity index (χ2n) is 3.60. The summed E-state index contributed by atoms with van der Waals surface area (Å²) in [5, 5.41) is 3.73. The van der Waals surface area contributed by atoms with Crippen LogP contribution in [-0.4, -0.2) is 22.7 Å². The molecule has 1 heterocycles. The first-order valence-corrected chi connectivity index (χ1v) is 6.30. The lowest BCUT2D eigenvalue weighted by atomic mass is 10.2. The molecular weight excluding hydrogens is 264 g/mol. The number of hydrogen-bond donors (Lipinski definition) is 0. The molecule has 0 radical (unpaired) electrons. The summed E-state index contributed by atoms with van der Waals surface area (Å²) in [7, 11) is 1.35. The number of hydrogen-bond acceptors (Lipinski definition) is 6. The predicted molar refractivity (Wildman–Crippen MR) is 71.7 cm³/mol. The highest BCUT2D eigenvalue weighted by molar-refractivity contribution is 7.05. The van der Waals surface area contributed by atoms with E-state index in [9.17, 15) is 4.79 Å². The van der Waals surface area contributed by atoms with Crippen LogP contribution in [0, 0.1) is 0 Å². The molecule has 0 N–H and O–H groups in total. The van der Waals surface area contributed by atoms with E-state index in [0.717, 1.165) is 16.2 Å². The van der Waals surface area contributed by atoms with E-state index in [1.165, 1.54) is 24.7 Å². The molecule has 0 amide bonds.